The molecule has 7 heteroatoms. The number of carbonyl (C=O) groups is 2. The first-order valence-electron chi connectivity index (χ1n) is 7.25. The first-order valence-corrected chi connectivity index (χ1v) is 7.63. The van der Waals surface area contributed by atoms with Gasteiger partial charge in [0.2, 0.25) is 11.8 Å². The topological polar surface area (TPSA) is 90.6 Å². The Morgan fingerprint density at radius 1 is 1.12 bits per heavy atom. The van der Waals surface area contributed by atoms with Crippen LogP contribution in [0.5, 0.6) is 11.5 Å². The molecule has 0 saturated heterocycles. The van der Waals surface area contributed by atoms with Crippen LogP contribution in [-0.2, 0) is 4.79 Å². The fraction of sp³-hybridized carbons (Fsp3) is 0.111. The van der Waals surface area contributed by atoms with Crippen molar-refractivity contribution in [1.82, 2.24) is 0 Å². The number of ether oxygens (including phenoxy) is 2. The summed E-state index contributed by atoms with van der Waals surface area (Å²) in [5, 5.41) is 3.06. The van der Waals surface area contributed by atoms with Crippen molar-refractivity contribution in [2.45, 2.75) is 0 Å². The Bertz CT molecular complexity index is 817. The number of amides is 2. The number of nitrogens with two attached hydrogens (primary N) is 1. The third-order valence-corrected chi connectivity index (χ3v) is 3.60. The SMILES string of the molecule is COc1cc(/C=C/C(=O)Nc2ccc(C(N)=O)cc2)cc(Cl)c1OC. The fourth-order valence-corrected chi connectivity index (χ4v) is 2.40. The molecule has 6 nitrogen and oxygen atoms in total. The van der Waals surface area contributed by atoms with Crippen molar-refractivity contribution >= 4 is 35.2 Å². The van der Waals surface area contributed by atoms with Gasteiger partial charge in [-0.05, 0) is 48.0 Å². The molecule has 0 fully saturated rings. The van der Waals surface area contributed by atoms with Crippen LogP contribution in [0.15, 0.2) is 42.5 Å². The molecule has 2 aromatic rings. The maximum absolute atomic E-state index is 12.0. The first-order chi connectivity index (χ1) is 11.9. The van der Waals surface area contributed by atoms with Gasteiger partial charge < -0.3 is 20.5 Å². The summed E-state index contributed by atoms with van der Waals surface area (Å²) in [5.74, 6) is 0.0400. The number of methoxy groups -OCH3 is 2. The zero-order valence-electron chi connectivity index (χ0n) is 13.7. The molecule has 130 valence electrons. The average Bonchev–Trinajstić information content (AvgIpc) is 2.59. The Kier molecular flexibility index (Phi) is 6.03. The summed E-state index contributed by atoms with van der Waals surface area (Å²) in [6, 6.07) is 9.63. The lowest BCUT2D eigenvalue weighted by Gasteiger charge is -2.10. The fourth-order valence-electron chi connectivity index (χ4n) is 2.11. The molecule has 0 spiro atoms. The van der Waals surface area contributed by atoms with Crippen LogP contribution in [-0.4, -0.2) is 26.0 Å². The highest BCUT2D eigenvalue weighted by molar-refractivity contribution is 6.32. The van der Waals surface area contributed by atoms with E-state index in [-0.39, 0.29) is 5.91 Å². The molecule has 0 aliphatic carbocycles. The molecule has 0 aliphatic heterocycles. The first kappa shape index (κ1) is 18.4. The smallest absolute Gasteiger partial charge is 0.248 e. The van der Waals surface area contributed by atoms with Gasteiger partial charge in [-0.2, -0.15) is 0 Å². The molecule has 0 aromatic heterocycles. The Morgan fingerprint density at radius 2 is 1.80 bits per heavy atom. The van der Waals surface area contributed by atoms with Crippen LogP contribution in [0.3, 0.4) is 0 Å². The Hall–Kier alpha value is -2.99. The molecule has 0 unspecified atom stereocenters. The summed E-state index contributed by atoms with van der Waals surface area (Å²) in [4.78, 5) is 23.0. The molecule has 0 aliphatic rings. The van der Waals surface area contributed by atoms with E-state index in [0.717, 1.165) is 0 Å². The predicted octanol–water partition coefficient (Wildman–Crippen LogP) is 3.11. The van der Waals surface area contributed by atoms with Crippen molar-refractivity contribution in [2.24, 2.45) is 5.73 Å². The predicted molar refractivity (Wildman–Crippen MR) is 97.2 cm³/mol. The summed E-state index contributed by atoms with van der Waals surface area (Å²) in [6.07, 6.45) is 2.96. The van der Waals surface area contributed by atoms with Crippen LogP contribution < -0.4 is 20.5 Å². The van der Waals surface area contributed by atoms with Crippen LogP contribution in [0.4, 0.5) is 5.69 Å². The number of hydrogen-bond acceptors (Lipinski definition) is 4. The molecule has 2 amide bonds. The van der Waals surface area contributed by atoms with E-state index < -0.39 is 5.91 Å². The third kappa shape index (κ3) is 4.74. The molecule has 25 heavy (non-hydrogen) atoms. The number of anilines is 1. The molecule has 0 saturated carbocycles. The highest BCUT2D eigenvalue weighted by atomic mass is 35.5. The van der Waals surface area contributed by atoms with Crippen molar-refractivity contribution in [1.29, 1.82) is 0 Å². The van der Waals surface area contributed by atoms with E-state index >= 15 is 0 Å². The van der Waals surface area contributed by atoms with Gasteiger partial charge >= 0.3 is 0 Å². The van der Waals surface area contributed by atoms with E-state index in [1.807, 2.05) is 0 Å². The molecule has 0 bridgehead atoms. The van der Waals surface area contributed by atoms with Crippen LogP contribution in [0.25, 0.3) is 6.08 Å². The quantitative estimate of drug-likeness (QED) is 0.774. The van der Waals surface area contributed by atoms with E-state index in [1.165, 1.54) is 32.4 Å². The minimum Gasteiger partial charge on any atom is -0.493 e. The Balaban J connectivity index is 2.09. The number of halogens is 1. The maximum atomic E-state index is 12.0. The van der Waals surface area contributed by atoms with E-state index in [2.05, 4.69) is 5.32 Å². The Labute approximate surface area is 150 Å². The molecule has 2 aromatic carbocycles. The highest BCUT2D eigenvalue weighted by Gasteiger charge is 2.10. The second kappa shape index (κ2) is 8.21. The molecular formula is C18H17ClN2O4. The van der Waals surface area contributed by atoms with Gasteiger partial charge in [0.25, 0.3) is 0 Å². The number of primary amides is 1. The molecule has 2 rings (SSSR count). The van der Waals surface area contributed by atoms with Gasteiger partial charge in [0, 0.05) is 17.3 Å². The standard InChI is InChI=1S/C18H17ClN2O4/c1-24-15-10-11(9-14(19)17(15)25-2)3-8-16(22)21-13-6-4-12(5-7-13)18(20)23/h3-10H,1-2H3,(H2,20,23)(H,21,22)/b8-3+. The number of benzene rings is 2. The van der Waals surface area contributed by atoms with E-state index in [4.69, 9.17) is 26.8 Å². The molecule has 3 N–H and O–H groups in total. The van der Waals surface area contributed by atoms with Crippen LogP contribution in [0, 0.1) is 0 Å². The van der Waals surface area contributed by atoms with Crippen LogP contribution in [0.2, 0.25) is 5.02 Å². The van der Waals surface area contributed by atoms with Crippen molar-refractivity contribution < 1.29 is 19.1 Å². The largest absolute Gasteiger partial charge is 0.493 e. The molecule has 0 radical (unpaired) electrons. The van der Waals surface area contributed by atoms with Crippen molar-refractivity contribution in [2.75, 3.05) is 19.5 Å². The second-order valence-corrected chi connectivity index (χ2v) is 5.41. The van der Waals surface area contributed by atoms with Gasteiger partial charge in [-0.1, -0.05) is 11.6 Å². The van der Waals surface area contributed by atoms with E-state index in [1.54, 1.807) is 30.3 Å². The number of carbonyl (C=O) groups excluding carboxylic acids is 2. The van der Waals surface area contributed by atoms with Crippen LogP contribution >= 0.6 is 11.6 Å². The maximum Gasteiger partial charge on any atom is 0.248 e. The number of rotatable bonds is 6. The Morgan fingerprint density at radius 3 is 2.36 bits per heavy atom. The van der Waals surface area contributed by atoms with Crippen molar-refractivity contribution in [3.8, 4) is 11.5 Å². The lowest BCUT2D eigenvalue weighted by molar-refractivity contribution is -0.111. The van der Waals surface area contributed by atoms with Crippen LogP contribution in [0.1, 0.15) is 15.9 Å². The van der Waals surface area contributed by atoms with Gasteiger partial charge in [0.1, 0.15) is 0 Å². The monoisotopic (exact) mass is 360 g/mol. The minimum absolute atomic E-state index is 0.335. The minimum atomic E-state index is -0.525. The highest BCUT2D eigenvalue weighted by Crippen LogP contribution is 2.36. The summed E-state index contributed by atoms with van der Waals surface area (Å²) in [7, 11) is 3.00. The lowest BCUT2D eigenvalue weighted by Crippen LogP contribution is -2.11. The molecule has 0 atom stereocenters. The van der Waals surface area contributed by atoms with Gasteiger partial charge in [0.05, 0.1) is 19.2 Å². The van der Waals surface area contributed by atoms with Gasteiger partial charge in [-0.15, -0.1) is 0 Å². The number of hydrogen-bond donors (Lipinski definition) is 2. The van der Waals surface area contributed by atoms with Crippen molar-refractivity contribution in [3.63, 3.8) is 0 Å². The second-order valence-electron chi connectivity index (χ2n) is 5.00. The summed E-state index contributed by atoms with van der Waals surface area (Å²) in [5.41, 5.74) is 6.76. The van der Waals surface area contributed by atoms with E-state index in [0.29, 0.717) is 33.3 Å². The summed E-state index contributed by atoms with van der Waals surface area (Å²) >= 11 is 6.12. The molecular weight excluding hydrogens is 344 g/mol. The number of nitrogens with one attached hydrogen (secondary N) is 1. The lowest BCUT2D eigenvalue weighted by atomic mass is 10.1. The van der Waals surface area contributed by atoms with Gasteiger partial charge in [0.15, 0.2) is 11.5 Å². The van der Waals surface area contributed by atoms with Crippen molar-refractivity contribution in [3.05, 3.63) is 58.6 Å². The van der Waals surface area contributed by atoms with E-state index in [9.17, 15) is 9.59 Å². The summed E-state index contributed by atoms with van der Waals surface area (Å²) in [6.45, 7) is 0. The zero-order chi connectivity index (χ0) is 18.4. The third-order valence-electron chi connectivity index (χ3n) is 3.32. The zero-order valence-corrected chi connectivity index (χ0v) is 14.5. The normalized spacial score (nSPS) is 10.5. The van der Waals surface area contributed by atoms with Gasteiger partial charge in [-0.25, -0.2) is 0 Å². The van der Waals surface area contributed by atoms with Gasteiger partial charge in [-0.3, -0.25) is 9.59 Å². The average molecular weight is 361 g/mol. The molecule has 0 heterocycles. The summed E-state index contributed by atoms with van der Waals surface area (Å²) < 4.78 is 10.4.